The molecule has 1 aliphatic heterocycles. The van der Waals surface area contributed by atoms with Crippen LogP contribution in [0, 0.1) is 13.8 Å². The van der Waals surface area contributed by atoms with Crippen LogP contribution in [0.3, 0.4) is 0 Å². The average molecular weight is 311 g/mol. The van der Waals surface area contributed by atoms with Crippen LogP contribution < -0.4 is 9.47 Å². The summed E-state index contributed by atoms with van der Waals surface area (Å²) in [6, 6.07) is 13.5. The maximum absolute atomic E-state index is 12.7. The first kappa shape index (κ1) is 15.4. The van der Waals surface area contributed by atoms with Gasteiger partial charge in [-0.3, -0.25) is 4.79 Å². The minimum absolute atomic E-state index is 0.00802. The number of aryl methyl sites for hydroxylation is 2. The van der Waals surface area contributed by atoms with Gasteiger partial charge in [0.15, 0.2) is 17.6 Å². The molecule has 1 atom stereocenters. The Kier molecular flexibility index (Phi) is 4.24. The highest BCUT2D eigenvalue weighted by molar-refractivity contribution is 5.95. The number of ether oxygens (including phenoxy) is 2. The van der Waals surface area contributed by atoms with Crippen LogP contribution in [0.4, 0.5) is 0 Å². The number of benzene rings is 2. The highest BCUT2D eigenvalue weighted by Gasteiger charge is 2.24. The van der Waals surface area contributed by atoms with Gasteiger partial charge < -0.3 is 14.4 Å². The van der Waals surface area contributed by atoms with Crippen molar-refractivity contribution in [2.75, 3.05) is 20.2 Å². The van der Waals surface area contributed by atoms with Crippen molar-refractivity contribution in [3.05, 3.63) is 59.2 Å². The summed E-state index contributed by atoms with van der Waals surface area (Å²) in [7, 11) is 1.80. The largest absolute Gasteiger partial charge is 0.486 e. The molecule has 0 N–H and O–H groups in total. The minimum Gasteiger partial charge on any atom is -0.486 e. The Morgan fingerprint density at radius 3 is 2.70 bits per heavy atom. The van der Waals surface area contributed by atoms with Gasteiger partial charge in [-0.15, -0.1) is 0 Å². The molecule has 23 heavy (non-hydrogen) atoms. The predicted octanol–water partition coefficient (Wildman–Crippen LogP) is 3.22. The van der Waals surface area contributed by atoms with E-state index >= 15 is 0 Å². The van der Waals surface area contributed by atoms with Crippen LogP contribution in [0.15, 0.2) is 42.5 Å². The van der Waals surface area contributed by atoms with Gasteiger partial charge in [-0.1, -0.05) is 29.8 Å². The summed E-state index contributed by atoms with van der Waals surface area (Å²) in [5, 5.41) is 0. The fourth-order valence-electron chi connectivity index (χ4n) is 2.71. The highest BCUT2D eigenvalue weighted by Crippen LogP contribution is 2.31. The van der Waals surface area contributed by atoms with E-state index < -0.39 is 0 Å². The SMILES string of the molecule is Cc1ccc(C)c(C(=O)N(C)CC2COc3ccccc3O2)c1. The lowest BCUT2D eigenvalue weighted by atomic mass is 10.0. The zero-order chi connectivity index (χ0) is 16.4. The second-order valence-corrected chi connectivity index (χ2v) is 6.00. The van der Waals surface area contributed by atoms with Crippen molar-refractivity contribution in [3.63, 3.8) is 0 Å². The second kappa shape index (κ2) is 6.32. The van der Waals surface area contributed by atoms with Crippen molar-refractivity contribution in [3.8, 4) is 11.5 Å². The number of carbonyl (C=O) groups excluding carboxylic acids is 1. The van der Waals surface area contributed by atoms with Gasteiger partial charge in [0.1, 0.15) is 6.61 Å². The molecule has 1 aliphatic rings. The fourth-order valence-corrected chi connectivity index (χ4v) is 2.71. The average Bonchev–Trinajstić information content (AvgIpc) is 2.56. The van der Waals surface area contributed by atoms with Gasteiger partial charge in [0, 0.05) is 12.6 Å². The number of carbonyl (C=O) groups is 1. The van der Waals surface area contributed by atoms with Crippen molar-refractivity contribution >= 4 is 5.91 Å². The molecule has 3 rings (SSSR count). The third-order valence-electron chi connectivity index (χ3n) is 4.02. The van der Waals surface area contributed by atoms with E-state index in [1.165, 1.54) is 0 Å². The molecule has 0 aliphatic carbocycles. The van der Waals surface area contributed by atoms with Crippen LogP contribution in [0.2, 0.25) is 0 Å². The van der Waals surface area contributed by atoms with Crippen molar-refractivity contribution in [1.29, 1.82) is 0 Å². The first-order valence-electron chi connectivity index (χ1n) is 7.76. The Morgan fingerprint density at radius 2 is 1.91 bits per heavy atom. The summed E-state index contributed by atoms with van der Waals surface area (Å²) < 4.78 is 11.6. The number of para-hydroxylation sites is 2. The van der Waals surface area contributed by atoms with Gasteiger partial charge in [0.25, 0.3) is 5.91 Å². The number of likely N-dealkylation sites (N-methyl/N-ethyl adjacent to an activating group) is 1. The summed E-state index contributed by atoms with van der Waals surface area (Å²) in [4.78, 5) is 14.4. The molecule has 0 radical (unpaired) electrons. The van der Waals surface area contributed by atoms with E-state index in [-0.39, 0.29) is 12.0 Å². The van der Waals surface area contributed by atoms with E-state index in [2.05, 4.69) is 0 Å². The third kappa shape index (κ3) is 3.31. The van der Waals surface area contributed by atoms with E-state index in [0.29, 0.717) is 13.2 Å². The fraction of sp³-hybridized carbons (Fsp3) is 0.316. The number of nitrogens with zero attached hydrogens (tertiary/aromatic N) is 1. The molecule has 2 aromatic carbocycles. The Morgan fingerprint density at radius 1 is 1.17 bits per heavy atom. The molecule has 1 amide bonds. The van der Waals surface area contributed by atoms with Crippen molar-refractivity contribution in [2.45, 2.75) is 20.0 Å². The zero-order valence-corrected chi connectivity index (χ0v) is 13.7. The predicted molar refractivity (Wildman–Crippen MR) is 89.2 cm³/mol. The smallest absolute Gasteiger partial charge is 0.254 e. The molecule has 1 unspecified atom stereocenters. The number of hydrogen-bond donors (Lipinski definition) is 0. The molecule has 0 aromatic heterocycles. The molecule has 0 saturated carbocycles. The van der Waals surface area contributed by atoms with Gasteiger partial charge >= 0.3 is 0 Å². The third-order valence-corrected chi connectivity index (χ3v) is 4.02. The lowest BCUT2D eigenvalue weighted by molar-refractivity contribution is 0.0520. The minimum atomic E-state index is -0.163. The molecular weight excluding hydrogens is 290 g/mol. The second-order valence-electron chi connectivity index (χ2n) is 6.00. The van der Waals surface area contributed by atoms with E-state index in [1.54, 1.807) is 11.9 Å². The van der Waals surface area contributed by atoms with Crippen LogP contribution in [-0.2, 0) is 0 Å². The quantitative estimate of drug-likeness (QED) is 0.873. The molecule has 0 spiro atoms. The van der Waals surface area contributed by atoms with Crippen LogP contribution in [0.1, 0.15) is 21.5 Å². The molecule has 2 aromatic rings. The monoisotopic (exact) mass is 311 g/mol. The van der Waals surface area contributed by atoms with Gasteiger partial charge in [0.05, 0.1) is 6.54 Å². The maximum Gasteiger partial charge on any atom is 0.254 e. The normalized spacial score (nSPS) is 16.0. The summed E-state index contributed by atoms with van der Waals surface area (Å²) in [5.41, 5.74) is 2.81. The highest BCUT2D eigenvalue weighted by atomic mass is 16.6. The Bertz CT molecular complexity index is 726. The zero-order valence-electron chi connectivity index (χ0n) is 13.7. The Balaban J connectivity index is 1.69. The molecule has 4 heteroatoms. The molecule has 120 valence electrons. The van der Waals surface area contributed by atoms with Gasteiger partial charge in [-0.2, -0.15) is 0 Å². The number of amides is 1. The van der Waals surface area contributed by atoms with E-state index in [1.807, 2.05) is 56.3 Å². The standard InChI is InChI=1S/C19H21NO3/c1-13-8-9-14(2)16(10-13)19(21)20(3)11-15-12-22-17-6-4-5-7-18(17)23-15/h4-10,15H,11-12H2,1-3H3. The van der Waals surface area contributed by atoms with Crippen molar-refractivity contribution in [1.82, 2.24) is 4.90 Å². The van der Waals surface area contributed by atoms with Crippen LogP contribution >= 0.6 is 0 Å². The topological polar surface area (TPSA) is 38.8 Å². The number of fused-ring (bicyclic) bond motifs is 1. The van der Waals surface area contributed by atoms with E-state index in [0.717, 1.165) is 28.2 Å². The lowest BCUT2D eigenvalue weighted by Crippen LogP contribution is -2.42. The summed E-state index contributed by atoms with van der Waals surface area (Å²) in [5.74, 6) is 1.50. The Labute approximate surface area is 136 Å². The lowest BCUT2D eigenvalue weighted by Gasteiger charge is -2.29. The summed E-state index contributed by atoms with van der Waals surface area (Å²) >= 11 is 0. The molecular formula is C19H21NO3. The van der Waals surface area contributed by atoms with Gasteiger partial charge in [-0.25, -0.2) is 0 Å². The molecule has 4 nitrogen and oxygen atoms in total. The maximum atomic E-state index is 12.7. The number of rotatable bonds is 3. The molecule has 1 heterocycles. The van der Waals surface area contributed by atoms with Gasteiger partial charge in [0.2, 0.25) is 0 Å². The molecule has 0 bridgehead atoms. The van der Waals surface area contributed by atoms with E-state index in [9.17, 15) is 4.79 Å². The summed E-state index contributed by atoms with van der Waals surface area (Å²) in [6.45, 7) is 4.88. The van der Waals surface area contributed by atoms with Crippen molar-refractivity contribution in [2.24, 2.45) is 0 Å². The molecule has 0 saturated heterocycles. The van der Waals surface area contributed by atoms with Gasteiger partial charge in [-0.05, 0) is 37.6 Å². The van der Waals surface area contributed by atoms with Crippen LogP contribution in [0.25, 0.3) is 0 Å². The first-order chi connectivity index (χ1) is 11.0. The van der Waals surface area contributed by atoms with Crippen molar-refractivity contribution < 1.29 is 14.3 Å². The number of hydrogen-bond acceptors (Lipinski definition) is 3. The molecule has 0 fully saturated rings. The van der Waals surface area contributed by atoms with E-state index in [4.69, 9.17) is 9.47 Å². The summed E-state index contributed by atoms with van der Waals surface area (Å²) in [6.07, 6.45) is -0.163. The first-order valence-corrected chi connectivity index (χ1v) is 7.76. The Hall–Kier alpha value is -2.49. The van der Waals surface area contributed by atoms with Crippen LogP contribution in [-0.4, -0.2) is 37.1 Å². The van der Waals surface area contributed by atoms with Crippen LogP contribution in [0.5, 0.6) is 11.5 Å².